The van der Waals surface area contributed by atoms with E-state index >= 15 is 0 Å². The molecule has 1 aliphatic heterocycles. The number of benzene rings is 1. The Balaban J connectivity index is 1.93. The molecule has 1 saturated carbocycles. The SMILES string of the molecule is NC(=NC1CC1)N1CCCOc2ccccc21. The van der Waals surface area contributed by atoms with Crippen molar-refractivity contribution in [2.24, 2.45) is 10.7 Å². The van der Waals surface area contributed by atoms with E-state index in [1.807, 2.05) is 24.3 Å². The van der Waals surface area contributed by atoms with Gasteiger partial charge in [0.25, 0.3) is 0 Å². The second-order valence-electron chi connectivity index (χ2n) is 4.54. The van der Waals surface area contributed by atoms with E-state index in [0.29, 0.717) is 12.0 Å². The lowest BCUT2D eigenvalue weighted by Gasteiger charge is -2.22. The van der Waals surface area contributed by atoms with Crippen molar-refractivity contribution >= 4 is 11.6 Å². The summed E-state index contributed by atoms with van der Waals surface area (Å²) in [7, 11) is 0. The standard InChI is InChI=1S/C13H17N3O/c14-13(15-10-6-7-10)16-8-3-9-17-12-5-2-1-4-11(12)16/h1-2,4-5,10H,3,6-9H2,(H2,14,15). The van der Waals surface area contributed by atoms with Crippen LogP contribution >= 0.6 is 0 Å². The number of nitrogens with two attached hydrogens (primary N) is 1. The van der Waals surface area contributed by atoms with Crippen LogP contribution < -0.4 is 15.4 Å². The molecule has 0 spiro atoms. The molecule has 3 rings (SSSR count). The van der Waals surface area contributed by atoms with Crippen LogP contribution in [0.5, 0.6) is 5.75 Å². The zero-order valence-electron chi connectivity index (χ0n) is 9.80. The number of rotatable bonds is 1. The van der Waals surface area contributed by atoms with Gasteiger partial charge in [-0.15, -0.1) is 0 Å². The van der Waals surface area contributed by atoms with Crippen molar-refractivity contribution in [3.63, 3.8) is 0 Å². The van der Waals surface area contributed by atoms with Crippen LogP contribution in [0.4, 0.5) is 5.69 Å². The highest BCUT2D eigenvalue weighted by molar-refractivity contribution is 5.96. The van der Waals surface area contributed by atoms with Crippen LogP contribution in [0, 0.1) is 0 Å². The predicted molar refractivity (Wildman–Crippen MR) is 68.5 cm³/mol. The molecule has 0 bridgehead atoms. The maximum atomic E-state index is 6.09. The van der Waals surface area contributed by atoms with Crippen molar-refractivity contribution in [1.82, 2.24) is 0 Å². The van der Waals surface area contributed by atoms with Gasteiger partial charge in [0.15, 0.2) is 5.96 Å². The average Bonchev–Trinajstić information content (AvgIpc) is 3.14. The molecule has 4 heteroatoms. The van der Waals surface area contributed by atoms with Crippen molar-refractivity contribution in [3.8, 4) is 5.75 Å². The van der Waals surface area contributed by atoms with Crippen LogP contribution in [0.1, 0.15) is 19.3 Å². The molecule has 1 aliphatic carbocycles. The third-order valence-corrected chi connectivity index (χ3v) is 3.08. The summed E-state index contributed by atoms with van der Waals surface area (Å²) in [6.07, 6.45) is 3.31. The average molecular weight is 231 g/mol. The van der Waals surface area contributed by atoms with Gasteiger partial charge < -0.3 is 15.4 Å². The number of ether oxygens (including phenoxy) is 1. The summed E-state index contributed by atoms with van der Waals surface area (Å²) in [4.78, 5) is 6.59. The van der Waals surface area contributed by atoms with E-state index in [4.69, 9.17) is 10.5 Å². The molecule has 2 N–H and O–H groups in total. The summed E-state index contributed by atoms with van der Waals surface area (Å²) in [6, 6.07) is 8.46. The van der Waals surface area contributed by atoms with Crippen molar-refractivity contribution < 1.29 is 4.74 Å². The summed E-state index contributed by atoms with van der Waals surface area (Å²) < 4.78 is 5.70. The number of anilines is 1. The van der Waals surface area contributed by atoms with Crippen molar-refractivity contribution in [1.29, 1.82) is 0 Å². The van der Waals surface area contributed by atoms with Gasteiger partial charge in [-0.05, 0) is 31.4 Å². The minimum atomic E-state index is 0.450. The summed E-state index contributed by atoms with van der Waals surface area (Å²) in [5.41, 5.74) is 7.13. The first-order valence-electron chi connectivity index (χ1n) is 6.17. The highest BCUT2D eigenvalue weighted by atomic mass is 16.5. The van der Waals surface area contributed by atoms with Gasteiger partial charge in [0, 0.05) is 6.54 Å². The highest BCUT2D eigenvalue weighted by Gasteiger charge is 2.24. The number of guanidine groups is 1. The molecule has 17 heavy (non-hydrogen) atoms. The van der Waals surface area contributed by atoms with Crippen LogP contribution in [0.2, 0.25) is 0 Å². The Morgan fingerprint density at radius 2 is 2.18 bits per heavy atom. The van der Waals surface area contributed by atoms with Crippen LogP contribution in [0.25, 0.3) is 0 Å². The van der Waals surface area contributed by atoms with Crippen molar-refractivity contribution in [2.75, 3.05) is 18.1 Å². The van der Waals surface area contributed by atoms with Gasteiger partial charge in [-0.1, -0.05) is 12.1 Å². The van der Waals surface area contributed by atoms with E-state index in [-0.39, 0.29) is 0 Å². The van der Waals surface area contributed by atoms with Crippen molar-refractivity contribution in [2.45, 2.75) is 25.3 Å². The van der Waals surface area contributed by atoms with E-state index < -0.39 is 0 Å². The molecule has 90 valence electrons. The van der Waals surface area contributed by atoms with Gasteiger partial charge in [0.2, 0.25) is 0 Å². The fourth-order valence-corrected chi connectivity index (χ4v) is 2.03. The van der Waals surface area contributed by atoms with E-state index in [2.05, 4.69) is 9.89 Å². The largest absolute Gasteiger partial charge is 0.491 e. The Labute approximate surface area is 101 Å². The predicted octanol–water partition coefficient (Wildman–Crippen LogP) is 1.75. The summed E-state index contributed by atoms with van der Waals surface area (Å²) in [5.74, 6) is 1.53. The minimum Gasteiger partial charge on any atom is -0.491 e. The summed E-state index contributed by atoms with van der Waals surface area (Å²) in [6.45, 7) is 1.61. The molecule has 0 aromatic heterocycles. The normalized spacial score (nSPS) is 20.5. The summed E-state index contributed by atoms with van der Waals surface area (Å²) >= 11 is 0. The van der Waals surface area contributed by atoms with E-state index in [1.165, 1.54) is 12.8 Å². The highest BCUT2D eigenvalue weighted by Crippen LogP contribution is 2.31. The van der Waals surface area contributed by atoms with Gasteiger partial charge in [0.05, 0.1) is 18.3 Å². The number of hydrogen-bond acceptors (Lipinski definition) is 2. The molecule has 0 unspecified atom stereocenters. The van der Waals surface area contributed by atoms with E-state index in [9.17, 15) is 0 Å². The van der Waals surface area contributed by atoms with Gasteiger partial charge in [0.1, 0.15) is 5.75 Å². The Hall–Kier alpha value is -1.71. The van der Waals surface area contributed by atoms with Crippen LogP contribution in [0.3, 0.4) is 0 Å². The molecule has 1 aromatic carbocycles. The van der Waals surface area contributed by atoms with Gasteiger partial charge in [-0.2, -0.15) is 0 Å². The quantitative estimate of drug-likeness (QED) is 0.592. The van der Waals surface area contributed by atoms with Gasteiger partial charge in [-0.25, -0.2) is 4.99 Å². The van der Waals surface area contributed by atoms with E-state index in [1.54, 1.807) is 0 Å². The fourth-order valence-electron chi connectivity index (χ4n) is 2.03. The lowest BCUT2D eigenvalue weighted by molar-refractivity contribution is 0.322. The van der Waals surface area contributed by atoms with Crippen LogP contribution in [0.15, 0.2) is 29.3 Å². The zero-order chi connectivity index (χ0) is 11.7. The smallest absolute Gasteiger partial charge is 0.196 e. The van der Waals surface area contributed by atoms with E-state index in [0.717, 1.165) is 31.0 Å². The lowest BCUT2D eigenvalue weighted by Crippen LogP contribution is -2.38. The first kappa shape index (κ1) is 10.4. The second-order valence-corrected chi connectivity index (χ2v) is 4.54. The number of hydrogen-bond donors (Lipinski definition) is 1. The third kappa shape index (κ3) is 2.20. The Kier molecular flexibility index (Phi) is 2.63. The Morgan fingerprint density at radius 3 is 3.00 bits per heavy atom. The first-order chi connectivity index (χ1) is 8.34. The van der Waals surface area contributed by atoms with Gasteiger partial charge in [-0.3, -0.25) is 0 Å². The number of aliphatic imine (C=N–C) groups is 1. The fraction of sp³-hybridized carbons (Fsp3) is 0.462. The maximum absolute atomic E-state index is 6.09. The third-order valence-electron chi connectivity index (χ3n) is 3.08. The van der Waals surface area contributed by atoms with Gasteiger partial charge >= 0.3 is 0 Å². The number of nitrogens with zero attached hydrogens (tertiary/aromatic N) is 2. The number of para-hydroxylation sites is 2. The molecule has 1 fully saturated rings. The lowest BCUT2D eigenvalue weighted by atomic mass is 10.2. The van der Waals surface area contributed by atoms with Crippen molar-refractivity contribution in [3.05, 3.63) is 24.3 Å². The molecule has 4 nitrogen and oxygen atoms in total. The number of fused-ring (bicyclic) bond motifs is 1. The molecular formula is C13H17N3O. The maximum Gasteiger partial charge on any atom is 0.196 e. The van der Waals surface area contributed by atoms with Crippen LogP contribution in [-0.2, 0) is 0 Å². The molecule has 0 amide bonds. The first-order valence-corrected chi connectivity index (χ1v) is 6.17. The molecule has 0 radical (unpaired) electrons. The molecule has 1 heterocycles. The molecule has 2 aliphatic rings. The Morgan fingerprint density at radius 1 is 1.35 bits per heavy atom. The molecule has 1 aromatic rings. The molecular weight excluding hydrogens is 214 g/mol. The zero-order valence-corrected chi connectivity index (χ0v) is 9.80. The minimum absolute atomic E-state index is 0.450. The Bertz CT molecular complexity index is 440. The summed E-state index contributed by atoms with van der Waals surface area (Å²) in [5, 5.41) is 0. The monoisotopic (exact) mass is 231 g/mol. The van der Waals surface area contributed by atoms with Crippen LogP contribution in [-0.4, -0.2) is 25.2 Å². The molecule has 0 saturated heterocycles. The topological polar surface area (TPSA) is 50.8 Å². The molecule has 0 atom stereocenters. The second kappa shape index (κ2) is 4.28.